The maximum Gasteiger partial charge on any atom is 0.254 e. The van der Waals surface area contributed by atoms with Gasteiger partial charge >= 0.3 is 0 Å². The molecule has 1 aromatic heterocycles. The van der Waals surface area contributed by atoms with Gasteiger partial charge in [-0.1, -0.05) is 6.92 Å². The highest BCUT2D eigenvalue weighted by Crippen LogP contribution is 2.22. The molecule has 19 heavy (non-hydrogen) atoms. The van der Waals surface area contributed by atoms with E-state index in [9.17, 15) is 4.79 Å². The highest BCUT2D eigenvalue weighted by molar-refractivity contribution is 5.63. The van der Waals surface area contributed by atoms with Crippen molar-refractivity contribution >= 4 is 0 Å². The van der Waals surface area contributed by atoms with Crippen LogP contribution in [0.15, 0.2) is 35.4 Å². The number of aromatic nitrogens is 2. The predicted molar refractivity (Wildman–Crippen MR) is 75.4 cm³/mol. The fraction of sp³-hybridized carbons (Fsp3) is 0.333. The van der Waals surface area contributed by atoms with Gasteiger partial charge in [0.25, 0.3) is 5.56 Å². The molecule has 0 aliphatic heterocycles. The van der Waals surface area contributed by atoms with Crippen LogP contribution in [-0.2, 0) is 6.42 Å². The summed E-state index contributed by atoms with van der Waals surface area (Å²) in [5.41, 5.74) is 2.30. The van der Waals surface area contributed by atoms with Gasteiger partial charge in [0.2, 0.25) is 0 Å². The van der Waals surface area contributed by atoms with Gasteiger partial charge in [-0.25, -0.2) is 4.98 Å². The first-order valence-electron chi connectivity index (χ1n) is 6.45. The third kappa shape index (κ3) is 3.02. The molecule has 4 heteroatoms. The smallest absolute Gasteiger partial charge is 0.254 e. The summed E-state index contributed by atoms with van der Waals surface area (Å²) in [7, 11) is 0. The monoisotopic (exact) mass is 258 g/mol. The van der Waals surface area contributed by atoms with Gasteiger partial charge in [0, 0.05) is 11.1 Å². The van der Waals surface area contributed by atoms with Crippen LogP contribution in [0.3, 0.4) is 0 Å². The van der Waals surface area contributed by atoms with Gasteiger partial charge in [0.05, 0.1) is 18.1 Å². The summed E-state index contributed by atoms with van der Waals surface area (Å²) in [6.07, 6.45) is 2.24. The van der Waals surface area contributed by atoms with Crippen LogP contribution in [0.5, 0.6) is 5.75 Å². The Bertz CT molecular complexity index is 600. The van der Waals surface area contributed by atoms with Crippen molar-refractivity contribution in [2.75, 3.05) is 0 Å². The molecule has 2 aromatic rings. The molecule has 2 rings (SSSR count). The number of hydrogen-bond donors (Lipinski definition) is 1. The summed E-state index contributed by atoms with van der Waals surface area (Å²) in [6.45, 7) is 5.93. The summed E-state index contributed by atoms with van der Waals surface area (Å²) in [6, 6.07) is 7.66. The zero-order valence-electron chi connectivity index (χ0n) is 11.4. The molecule has 0 bridgehead atoms. The molecule has 100 valence electrons. The summed E-state index contributed by atoms with van der Waals surface area (Å²) in [4.78, 5) is 18.6. The fourth-order valence-corrected chi connectivity index (χ4v) is 1.97. The summed E-state index contributed by atoms with van der Waals surface area (Å²) in [5, 5.41) is 0. The zero-order chi connectivity index (χ0) is 13.8. The van der Waals surface area contributed by atoms with Crippen molar-refractivity contribution in [2.24, 2.45) is 0 Å². The Morgan fingerprint density at radius 3 is 2.53 bits per heavy atom. The van der Waals surface area contributed by atoms with Gasteiger partial charge in [0.15, 0.2) is 0 Å². The molecular weight excluding hydrogens is 240 g/mol. The average Bonchev–Trinajstić information content (AvgIpc) is 2.38. The van der Waals surface area contributed by atoms with Crippen molar-refractivity contribution in [1.29, 1.82) is 0 Å². The third-order valence-electron chi connectivity index (χ3n) is 2.80. The van der Waals surface area contributed by atoms with Crippen LogP contribution in [0.1, 0.15) is 26.3 Å². The van der Waals surface area contributed by atoms with Gasteiger partial charge < -0.3 is 9.72 Å². The minimum absolute atomic E-state index is 0.0741. The van der Waals surface area contributed by atoms with Crippen molar-refractivity contribution in [1.82, 2.24) is 9.97 Å². The molecule has 1 N–H and O–H groups in total. The molecule has 0 atom stereocenters. The van der Waals surface area contributed by atoms with E-state index < -0.39 is 0 Å². The quantitative estimate of drug-likeness (QED) is 0.917. The molecular formula is C15H18N2O2. The SMILES string of the molecule is CCc1c(-c2ccc(OC(C)C)cc2)nc[nH]c1=O. The first-order chi connectivity index (χ1) is 9.11. The third-order valence-corrected chi connectivity index (χ3v) is 2.80. The largest absolute Gasteiger partial charge is 0.491 e. The summed E-state index contributed by atoms with van der Waals surface area (Å²) < 4.78 is 5.60. The standard InChI is InChI=1S/C15H18N2O2/c1-4-13-14(16-9-17-15(13)18)11-5-7-12(8-6-11)19-10(2)3/h5-10H,4H2,1-3H3,(H,16,17,18). The Balaban J connectivity index is 2.37. The molecule has 0 fully saturated rings. The molecule has 4 nitrogen and oxygen atoms in total. The van der Waals surface area contributed by atoms with Gasteiger partial charge in [-0.3, -0.25) is 4.79 Å². The predicted octanol–water partition coefficient (Wildman–Crippen LogP) is 2.79. The summed E-state index contributed by atoms with van der Waals surface area (Å²) in [5.74, 6) is 0.821. The molecule has 0 unspecified atom stereocenters. The van der Waals surface area contributed by atoms with Crippen LogP contribution >= 0.6 is 0 Å². The van der Waals surface area contributed by atoms with Crippen molar-refractivity contribution in [3.8, 4) is 17.0 Å². The number of nitrogens with one attached hydrogen (secondary N) is 1. The summed E-state index contributed by atoms with van der Waals surface area (Å²) >= 11 is 0. The first-order valence-corrected chi connectivity index (χ1v) is 6.45. The van der Waals surface area contributed by atoms with Crippen LogP contribution in [0.25, 0.3) is 11.3 Å². The Hall–Kier alpha value is -2.10. The van der Waals surface area contributed by atoms with Gasteiger partial charge in [-0.2, -0.15) is 0 Å². The Morgan fingerprint density at radius 1 is 1.26 bits per heavy atom. The van der Waals surface area contributed by atoms with E-state index in [2.05, 4.69) is 9.97 Å². The minimum Gasteiger partial charge on any atom is -0.491 e. The fourth-order valence-electron chi connectivity index (χ4n) is 1.97. The maximum atomic E-state index is 11.7. The van der Waals surface area contributed by atoms with Gasteiger partial charge in [0.1, 0.15) is 5.75 Å². The van der Waals surface area contributed by atoms with E-state index in [0.29, 0.717) is 12.0 Å². The second kappa shape index (κ2) is 5.69. The molecule has 0 aliphatic rings. The molecule has 0 amide bonds. The molecule has 0 spiro atoms. The number of hydrogen-bond acceptors (Lipinski definition) is 3. The zero-order valence-corrected chi connectivity index (χ0v) is 11.4. The second-order valence-electron chi connectivity index (χ2n) is 4.60. The van der Waals surface area contributed by atoms with Gasteiger partial charge in [-0.15, -0.1) is 0 Å². The first kappa shape index (κ1) is 13.3. The molecule has 0 saturated carbocycles. The van der Waals surface area contributed by atoms with Crippen molar-refractivity contribution < 1.29 is 4.74 Å². The Kier molecular flexibility index (Phi) is 4.00. The number of ether oxygens (including phenoxy) is 1. The van der Waals surface area contributed by atoms with Gasteiger partial charge in [-0.05, 0) is 44.5 Å². The van der Waals surface area contributed by atoms with E-state index in [1.165, 1.54) is 6.33 Å². The van der Waals surface area contributed by atoms with Crippen molar-refractivity contribution in [3.63, 3.8) is 0 Å². The topological polar surface area (TPSA) is 55.0 Å². The number of rotatable bonds is 4. The molecule has 0 saturated heterocycles. The second-order valence-corrected chi connectivity index (χ2v) is 4.60. The minimum atomic E-state index is -0.0741. The lowest BCUT2D eigenvalue weighted by atomic mass is 10.1. The Morgan fingerprint density at radius 2 is 1.95 bits per heavy atom. The maximum absolute atomic E-state index is 11.7. The molecule has 1 heterocycles. The number of H-pyrrole nitrogens is 1. The average molecular weight is 258 g/mol. The lowest BCUT2D eigenvalue weighted by Crippen LogP contribution is -2.14. The molecule has 0 radical (unpaired) electrons. The molecule has 1 aromatic carbocycles. The lowest BCUT2D eigenvalue weighted by Gasteiger charge is -2.10. The van der Waals surface area contributed by atoms with Crippen molar-refractivity contribution in [2.45, 2.75) is 33.3 Å². The molecule has 0 aliphatic carbocycles. The van der Waals surface area contributed by atoms with E-state index in [-0.39, 0.29) is 11.7 Å². The van der Waals surface area contributed by atoms with E-state index >= 15 is 0 Å². The highest BCUT2D eigenvalue weighted by atomic mass is 16.5. The van der Waals surface area contributed by atoms with Crippen molar-refractivity contribution in [3.05, 3.63) is 46.5 Å². The number of aromatic amines is 1. The van der Waals surface area contributed by atoms with Crippen LogP contribution in [0.2, 0.25) is 0 Å². The lowest BCUT2D eigenvalue weighted by molar-refractivity contribution is 0.242. The Labute approximate surface area is 112 Å². The number of benzene rings is 1. The van der Waals surface area contributed by atoms with E-state index in [1.807, 2.05) is 45.0 Å². The van der Waals surface area contributed by atoms with Crippen LogP contribution in [-0.4, -0.2) is 16.1 Å². The van der Waals surface area contributed by atoms with Crippen LogP contribution in [0.4, 0.5) is 0 Å². The normalized spacial score (nSPS) is 10.7. The van der Waals surface area contributed by atoms with Crippen LogP contribution < -0.4 is 10.3 Å². The van der Waals surface area contributed by atoms with Crippen LogP contribution in [0, 0.1) is 0 Å². The van der Waals surface area contributed by atoms with E-state index in [0.717, 1.165) is 17.0 Å². The highest BCUT2D eigenvalue weighted by Gasteiger charge is 2.09. The number of nitrogens with zero attached hydrogens (tertiary/aromatic N) is 1. The van der Waals surface area contributed by atoms with E-state index in [1.54, 1.807) is 0 Å². The van der Waals surface area contributed by atoms with E-state index in [4.69, 9.17) is 4.74 Å².